The second-order valence-electron chi connectivity index (χ2n) is 7.59. The zero-order valence-corrected chi connectivity index (χ0v) is 19.6. The van der Waals surface area contributed by atoms with Gasteiger partial charge in [-0.05, 0) is 66.6 Å². The number of fused-ring (bicyclic) bond motifs is 1. The first-order chi connectivity index (χ1) is 17.1. The van der Waals surface area contributed by atoms with Crippen LogP contribution in [0.15, 0.2) is 77.1 Å². The van der Waals surface area contributed by atoms with E-state index < -0.39 is 6.61 Å². The van der Waals surface area contributed by atoms with Crippen molar-refractivity contribution in [3.8, 4) is 34.3 Å². The molecule has 0 unspecified atom stereocenters. The Morgan fingerprint density at radius 2 is 1.83 bits per heavy atom. The van der Waals surface area contributed by atoms with Gasteiger partial charge in [-0.3, -0.25) is 0 Å². The summed E-state index contributed by atoms with van der Waals surface area (Å²) in [6, 6.07) is 20.0. The Morgan fingerprint density at radius 1 is 1.03 bits per heavy atom. The number of hydrogen-bond donors (Lipinski definition) is 0. The van der Waals surface area contributed by atoms with Crippen molar-refractivity contribution in [2.75, 3.05) is 13.4 Å². The minimum atomic E-state index is -2.87. The summed E-state index contributed by atoms with van der Waals surface area (Å²) in [6.45, 7) is 0.319. The number of rotatable bonds is 8. The summed E-state index contributed by atoms with van der Waals surface area (Å²) in [4.78, 5) is 5.67. The van der Waals surface area contributed by atoms with E-state index in [1.165, 1.54) is 23.5 Å². The number of hydrogen-bond acceptors (Lipinski definition) is 6. The van der Waals surface area contributed by atoms with Gasteiger partial charge in [0.05, 0.1) is 18.8 Å². The fourth-order valence-electron chi connectivity index (χ4n) is 3.76. The predicted octanol–water partition coefficient (Wildman–Crippen LogP) is 6.23. The van der Waals surface area contributed by atoms with E-state index in [4.69, 9.17) is 19.2 Å². The maximum absolute atomic E-state index is 12.6. The Balaban J connectivity index is 1.58. The third-order valence-electron chi connectivity index (χ3n) is 5.33. The van der Waals surface area contributed by atoms with Crippen molar-refractivity contribution in [2.24, 2.45) is 4.99 Å². The lowest BCUT2D eigenvalue weighted by atomic mass is 10.1. The van der Waals surface area contributed by atoms with Gasteiger partial charge < -0.3 is 23.5 Å². The van der Waals surface area contributed by atoms with Crippen molar-refractivity contribution in [3.05, 3.63) is 82.5 Å². The number of alkyl halides is 2. The highest BCUT2D eigenvalue weighted by Gasteiger charge is 2.16. The fourth-order valence-corrected chi connectivity index (χ4v) is 4.68. The van der Waals surface area contributed by atoms with Gasteiger partial charge in [-0.25, -0.2) is 4.99 Å². The first-order valence-corrected chi connectivity index (χ1v) is 11.9. The minimum Gasteiger partial charge on any atom is -0.492 e. The highest BCUT2D eigenvalue weighted by Crippen LogP contribution is 2.33. The molecule has 0 radical (unpaired) electrons. The second kappa shape index (κ2) is 10.2. The van der Waals surface area contributed by atoms with Gasteiger partial charge in [-0.15, -0.1) is 11.3 Å². The van der Waals surface area contributed by atoms with E-state index in [-0.39, 0.29) is 12.5 Å². The van der Waals surface area contributed by atoms with Crippen LogP contribution < -0.4 is 23.7 Å². The average molecular weight is 497 g/mol. The van der Waals surface area contributed by atoms with Crippen LogP contribution in [-0.2, 0) is 6.54 Å². The van der Waals surface area contributed by atoms with Crippen LogP contribution in [0.5, 0.6) is 23.0 Å². The molecule has 4 aromatic rings. The zero-order chi connectivity index (χ0) is 24.2. The van der Waals surface area contributed by atoms with Gasteiger partial charge in [0.1, 0.15) is 17.2 Å². The molecule has 6 nitrogen and oxygen atoms in total. The number of ether oxygens (including phenoxy) is 4. The minimum absolute atomic E-state index is 0.108. The Morgan fingerprint density at radius 3 is 2.63 bits per heavy atom. The van der Waals surface area contributed by atoms with Crippen LogP contribution in [0.3, 0.4) is 0 Å². The number of thiazole rings is 1. The van der Waals surface area contributed by atoms with E-state index >= 15 is 0 Å². The van der Waals surface area contributed by atoms with Crippen LogP contribution in [0.25, 0.3) is 11.3 Å². The summed E-state index contributed by atoms with van der Waals surface area (Å²) in [7, 11) is 0. The van der Waals surface area contributed by atoms with Gasteiger partial charge in [0, 0.05) is 5.38 Å². The van der Waals surface area contributed by atoms with Crippen LogP contribution in [0, 0.1) is 0 Å². The van der Waals surface area contributed by atoms with E-state index in [9.17, 15) is 8.78 Å². The van der Waals surface area contributed by atoms with Gasteiger partial charge in [0.15, 0.2) is 16.3 Å². The average Bonchev–Trinajstić information content (AvgIpc) is 3.48. The number of aromatic nitrogens is 1. The highest BCUT2D eigenvalue weighted by molar-refractivity contribution is 7.07. The Hall–Kier alpha value is -3.85. The fraction of sp³-hybridized carbons (Fsp3) is 0.192. The molecule has 0 N–H and O–H groups in total. The number of para-hydroxylation sites is 2. The molecule has 9 heteroatoms. The lowest BCUT2D eigenvalue weighted by Crippen LogP contribution is -2.16. The summed E-state index contributed by atoms with van der Waals surface area (Å²) in [6.07, 6.45) is 0. The first kappa shape index (κ1) is 22.9. The largest absolute Gasteiger partial charge is 0.492 e. The summed E-state index contributed by atoms with van der Waals surface area (Å²) < 4.78 is 48.5. The number of halogens is 2. The van der Waals surface area contributed by atoms with E-state index in [2.05, 4.69) is 9.30 Å². The van der Waals surface area contributed by atoms with Gasteiger partial charge >= 0.3 is 6.61 Å². The molecule has 1 aromatic heterocycles. The molecule has 2 heterocycles. The quantitative estimate of drug-likeness (QED) is 0.290. The molecule has 5 rings (SSSR count). The molecule has 1 aliphatic heterocycles. The summed E-state index contributed by atoms with van der Waals surface area (Å²) in [5.41, 5.74) is 3.47. The van der Waals surface area contributed by atoms with Gasteiger partial charge in [0.25, 0.3) is 0 Å². The molecule has 180 valence electrons. The molecule has 0 bridgehead atoms. The molecule has 0 saturated carbocycles. The maximum atomic E-state index is 12.6. The van der Waals surface area contributed by atoms with E-state index in [1.54, 1.807) is 12.1 Å². The number of nitrogens with zero attached hydrogens (tertiary/aromatic N) is 2. The summed E-state index contributed by atoms with van der Waals surface area (Å²) in [5, 5.41) is 2.00. The van der Waals surface area contributed by atoms with Crippen molar-refractivity contribution in [3.63, 3.8) is 0 Å². The van der Waals surface area contributed by atoms with Crippen molar-refractivity contribution in [2.45, 2.75) is 20.1 Å². The van der Waals surface area contributed by atoms with Crippen molar-refractivity contribution in [1.82, 2.24) is 4.57 Å². The van der Waals surface area contributed by atoms with E-state index in [0.717, 1.165) is 33.1 Å². The third kappa shape index (κ3) is 5.14. The van der Waals surface area contributed by atoms with E-state index in [1.807, 2.05) is 54.8 Å². The Kier molecular flexibility index (Phi) is 6.67. The molecule has 0 amide bonds. The van der Waals surface area contributed by atoms with Crippen LogP contribution in [0.4, 0.5) is 14.5 Å². The molecule has 3 aromatic carbocycles. The Labute approximate surface area is 204 Å². The van der Waals surface area contributed by atoms with Crippen molar-refractivity contribution >= 4 is 17.0 Å². The lowest BCUT2D eigenvalue weighted by molar-refractivity contribution is -0.0498. The van der Waals surface area contributed by atoms with Crippen LogP contribution >= 0.6 is 11.3 Å². The molecule has 0 saturated heterocycles. The van der Waals surface area contributed by atoms with Gasteiger partial charge in [-0.1, -0.05) is 18.2 Å². The predicted molar refractivity (Wildman–Crippen MR) is 129 cm³/mol. The number of benzene rings is 3. The van der Waals surface area contributed by atoms with E-state index in [0.29, 0.717) is 24.7 Å². The summed E-state index contributed by atoms with van der Waals surface area (Å²) >= 11 is 1.49. The molecule has 0 atom stereocenters. The van der Waals surface area contributed by atoms with Gasteiger partial charge in [-0.2, -0.15) is 8.78 Å². The maximum Gasteiger partial charge on any atom is 0.387 e. The van der Waals surface area contributed by atoms with Crippen molar-refractivity contribution < 1.29 is 27.7 Å². The molecule has 35 heavy (non-hydrogen) atoms. The Bertz CT molecular complexity index is 1380. The van der Waals surface area contributed by atoms with Crippen LogP contribution in [0.2, 0.25) is 0 Å². The SMILES string of the molecule is CCOc1ccccc1N=c1scc(-c2ccc(OC(F)F)cc2)n1Cc1ccc2c(c1)OCO2. The smallest absolute Gasteiger partial charge is 0.387 e. The van der Waals surface area contributed by atoms with Crippen LogP contribution in [0.1, 0.15) is 12.5 Å². The van der Waals surface area contributed by atoms with Gasteiger partial charge in [0.2, 0.25) is 6.79 Å². The van der Waals surface area contributed by atoms with Crippen molar-refractivity contribution in [1.29, 1.82) is 0 Å². The molecule has 0 spiro atoms. The first-order valence-electron chi connectivity index (χ1n) is 11.0. The summed E-state index contributed by atoms with van der Waals surface area (Å²) in [5.74, 6) is 2.23. The topological polar surface area (TPSA) is 54.2 Å². The second-order valence-corrected chi connectivity index (χ2v) is 8.43. The van der Waals surface area contributed by atoms with Crippen LogP contribution in [-0.4, -0.2) is 24.6 Å². The third-order valence-corrected chi connectivity index (χ3v) is 6.20. The molecular formula is C26H22F2N2O4S. The highest BCUT2D eigenvalue weighted by atomic mass is 32.1. The molecule has 1 aliphatic rings. The molecule has 0 fully saturated rings. The molecule has 0 aliphatic carbocycles. The standard InChI is InChI=1S/C26H22F2N2O4S/c1-2-31-22-6-4-3-5-20(22)29-26-30(14-17-7-12-23-24(13-17)33-16-32-23)21(15-35-26)18-8-10-19(11-9-18)34-25(27)28/h3-13,15,25H,2,14,16H2,1H3. The zero-order valence-electron chi connectivity index (χ0n) is 18.8. The lowest BCUT2D eigenvalue weighted by Gasteiger charge is -2.12. The molecular weight excluding hydrogens is 474 g/mol. The monoisotopic (exact) mass is 496 g/mol. The normalized spacial score (nSPS) is 12.9.